The molecule has 2 aromatic carbocycles. The summed E-state index contributed by atoms with van der Waals surface area (Å²) >= 11 is 1.39. The van der Waals surface area contributed by atoms with Gasteiger partial charge in [0.15, 0.2) is 5.82 Å². The largest absolute Gasteiger partial charge is 0.355 e. The number of fused-ring (bicyclic) bond motifs is 3. The fourth-order valence-corrected chi connectivity index (χ4v) is 5.24. The van der Waals surface area contributed by atoms with Crippen LogP contribution in [-0.4, -0.2) is 64.5 Å². The number of thiazole rings is 1. The summed E-state index contributed by atoms with van der Waals surface area (Å²) in [6.07, 6.45) is 3.48. The molecular formula is C24H25FN6O2S. The first-order chi connectivity index (χ1) is 16.5. The fraction of sp³-hybridized carbons (Fsp3) is 0.333. The fourth-order valence-electron chi connectivity index (χ4n) is 4.24. The molecule has 8 nitrogen and oxygen atoms in total. The second-order valence-electron chi connectivity index (χ2n) is 8.35. The van der Waals surface area contributed by atoms with E-state index in [9.17, 15) is 14.0 Å². The van der Waals surface area contributed by atoms with Gasteiger partial charge in [0.25, 0.3) is 11.8 Å². The molecule has 34 heavy (non-hydrogen) atoms. The van der Waals surface area contributed by atoms with Gasteiger partial charge in [0.2, 0.25) is 4.96 Å². The number of carbonyl (C=O) groups is 2. The maximum absolute atomic E-state index is 14.6. The van der Waals surface area contributed by atoms with Crippen LogP contribution in [0.15, 0.2) is 36.4 Å². The second-order valence-corrected chi connectivity index (χ2v) is 9.36. The third-order valence-electron chi connectivity index (χ3n) is 6.06. The molecule has 0 unspecified atom stereocenters. The summed E-state index contributed by atoms with van der Waals surface area (Å²) in [6, 6.07) is 9.67. The molecule has 1 fully saturated rings. The smallest absolute Gasteiger partial charge is 0.251 e. The highest BCUT2D eigenvalue weighted by Crippen LogP contribution is 2.29. The van der Waals surface area contributed by atoms with E-state index in [1.165, 1.54) is 43.4 Å². The third-order valence-corrected chi connectivity index (χ3v) is 7.06. The van der Waals surface area contributed by atoms with Gasteiger partial charge in [0, 0.05) is 24.7 Å². The van der Waals surface area contributed by atoms with Crippen molar-refractivity contribution in [1.82, 2.24) is 30.1 Å². The Morgan fingerprint density at radius 3 is 2.62 bits per heavy atom. The van der Waals surface area contributed by atoms with Crippen LogP contribution in [0, 0.1) is 5.82 Å². The minimum atomic E-state index is -0.563. The molecule has 5 rings (SSSR count). The van der Waals surface area contributed by atoms with Gasteiger partial charge in [0.05, 0.1) is 15.8 Å². The highest BCUT2D eigenvalue weighted by molar-refractivity contribution is 7.23. The SMILES string of the molecule is CNC(=O)c1ccc(-c2nc3sc4cc(C(=O)NCCCN5CCCC5)ccc4n3n2)c(F)c1. The molecule has 1 aliphatic heterocycles. The molecule has 0 aliphatic carbocycles. The van der Waals surface area contributed by atoms with Gasteiger partial charge in [-0.15, -0.1) is 5.10 Å². The molecule has 2 N–H and O–H groups in total. The Morgan fingerprint density at radius 1 is 1.09 bits per heavy atom. The van der Waals surface area contributed by atoms with Gasteiger partial charge in [-0.05, 0) is 75.3 Å². The van der Waals surface area contributed by atoms with Gasteiger partial charge < -0.3 is 15.5 Å². The number of hydrogen-bond acceptors (Lipinski definition) is 6. The normalized spacial score (nSPS) is 14.2. The zero-order valence-electron chi connectivity index (χ0n) is 18.8. The maximum atomic E-state index is 14.6. The van der Waals surface area contributed by atoms with Crippen molar-refractivity contribution in [3.63, 3.8) is 0 Å². The van der Waals surface area contributed by atoms with Gasteiger partial charge in [-0.1, -0.05) is 11.3 Å². The third kappa shape index (κ3) is 4.38. The molecule has 0 atom stereocenters. The van der Waals surface area contributed by atoms with E-state index in [1.54, 1.807) is 16.6 Å². The number of rotatable bonds is 7. The van der Waals surface area contributed by atoms with Crippen LogP contribution in [0.3, 0.4) is 0 Å². The predicted octanol–water partition coefficient (Wildman–Crippen LogP) is 3.33. The van der Waals surface area contributed by atoms with Crippen LogP contribution in [0.4, 0.5) is 4.39 Å². The summed E-state index contributed by atoms with van der Waals surface area (Å²) in [7, 11) is 1.49. The van der Waals surface area contributed by atoms with Crippen molar-refractivity contribution in [3.8, 4) is 11.4 Å². The van der Waals surface area contributed by atoms with Gasteiger partial charge in [0.1, 0.15) is 5.82 Å². The molecule has 1 aliphatic rings. The summed E-state index contributed by atoms with van der Waals surface area (Å²) in [4.78, 5) is 31.8. The number of carbonyl (C=O) groups excluding carboxylic acids is 2. The lowest BCUT2D eigenvalue weighted by Crippen LogP contribution is -2.28. The Hall–Kier alpha value is -3.37. The zero-order valence-corrected chi connectivity index (χ0v) is 19.6. The van der Waals surface area contributed by atoms with E-state index in [1.807, 2.05) is 12.1 Å². The molecule has 0 radical (unpaired) electrons. The van der Waals surface area contributed by atoms with E-state index >= 15 is 0 Å². The van der Waals surface area contributed by atoms with E-state index in [4.69, 9.17) is 0 Å². The van der Waals surface area contributed by atoms with Gasteiger partial charge in [-0.3, -0.25) is 9.59 Å². The van der Waals surface area contributed by atoms with Crippen LogP contribution in [0.5, 0.6) is 0 Å². The number of aromatic nitrogens is 3. The molecule has 0 bridgehead atoms. The van der Waals surface area contributed by atoms with Crippen LogP contribution >= 0.6 is 11.3 Å². The van der Waals surface area contributed by atoms with Crippen LogP contribution in [0.25, 0.3) is 26.6 Å². The standard InChI is InChI=1S/C24H25FN6O2S/c1-26-22(32)15-5-7-17(18(25)13-15)21-28-24-31(29-21)19-8-6-16(14-20(19)34-24)23(33)27-9-4-12-30-10-2-3-11-30/h5-8,13-14H,2-4,9-12H2,1H3,(H,26,32)(H,27,33). The van der Waals surface area contributed by atoms with Crippen molar-refractivity contribution in [3.05, 3.63) is 53.3 Å². The van der Waals surface area contributed by atoms with E-state index in [-0.39, 0.29) is 28.8 Å². The lowest BCUT2D eigenvalue weighted by molar-refractivity contribution is 0.0948. The van der Waals surface area contributed by atoms with Crippen molar-refractivity contribution in [2.45, 2.75) is 19.3 Å². The second kappa shape index (κ2) is 9.47. The number of amides is 2. The van der Waals surface area contributed by atoms with Crippen LogP contribution in [0.2, 0.25) is 0 Å². The van der Waals surface area contributed by atoms with Gasteiger partial charge >= 0.3 is 0 Å². The molecule has 2 aromatic heterocycles. The summed E-state index contributed by atoms with van der Waals surface area (Å²) in [6.45, 7) is 3.99. The van der Waals surface area contributed by atoms with Crippen molar-refractivity contribution < 1.29 is 14.0 Å². The Bertz CT molecular complexity index is 1370. The zero-order chi connectivity index (χ0) is 23.7. The molecule has 3 heterocycles. The average Bonchev–Trinajstić information content (AvgIpc) is 3.57. The van der Waals surface area contributed by atoms with Crippen molar-refractivity contribution in [2.24, 2.45) is 0 Å². The number of hydrogen-bond donors (Lipinski definition) is 2. The first kappa shape index (κ1) is 22.4. The predicted molar refractivity (Wildman–Crippen MR) is 130 cm³/mol. The first-order valence-corrected chi connectivity index (χ1v) is 12.2. The highest BCUT2D eigenvalue weighted by Gasteiger charge is 2.18. The van der Waals surface area contributed by atoms with Crippen LogP contribution < -0.4 is 10.6 Å². The minimum absolute atomic E-state index is 0.0960. The van der Waals surface area contributed by atoms with E-state index < -0.39 is 5.82 Å². The van der Waals surface area contributed by atoms with Crippen LogP contribution in [0.1, 0.15) is 40.0 Å². The molecule has 176 valence electrons. The monoisotopic (exact) mass is 480 g/mol. The number of nitrogens with one attached hydrogen (secondary N) is 2. The first-order valence-electron chi connectivity index (χ1n) is 11.4. The van der Waals surface area contributed by atoms with E-state index in [0.717, 1.165) is 36.3 Å². The van der Waals surface area contributed by atoms with E-state index in [0.29, 0.717) is 17.1 Å². The molecule has 4 aromatic rings. The summed E-state index contributed by atoms with van der Waals surface area (Å²) in [5.74, 6) is -0.774. The molecule has 0 spiro atoms. The Balaban J connectivity index is 1.31. The number of benzene rings is 2. The maximum Gasteiger partial charge on any atom is 0.251 e. The molecule has 2 amide bonds. The number of likely N-dealkylation sites (tertiary alicyclic amines) is 1. The summed E-state index contributed by atoms with van der Waals surface area (Å²) in [5.41, 5.74) is 1.85. The van der Waals surface area contributed by atoms with E-state index in [2.05, 4.69) is 25.6 Å². The Kier molecular flexibility index (Phi) is 6.25. The highest BCUT2D eigenvalue weighted by atomic mass is 32.1. The van der Waals surface area contributed by atoms with Gasteiger partial charge in [-0.2, -0.15) is 4.98 Å². The lowest BCUT2D eigenvalue weighted by atomic mass is 10.1. The minimum Gasteiger partial charge on any atom is -0.355 e. The van der Waals surface area contributed by atoms with Crippen molar-refractivity contribution in [1.29, 1.82) is 0 Å². The average molecular weight is 481 g/mol. The van der Waals surface area contributed by atoms with Gasteiger partial charge in [-0.25, -0.2) is 8.91 Å². The number of nitrogens with zero attached hydrogens (tertiary/aromatic N) is 4. The van der Waals surface area contributed by atoms with Crippen molar-refractivity contribution in [2.75, 3.05) is 33.2 Å². The summed E-state index contributed by atoms with van der Waals surface area (Å²) < 4.78 is 17.2. The Labute approximate surface area is 199 Å². The Morgan fingerprint density at radius 2 is 1.85 bits per heavy atom. The molecule has 1 saturated heterocycles. The molecule has 10 heteroatoms. The van der Waals surface area contributed by atoms with Crippen molar-refractivity contribution >= 4 is 38.3 Å². The summed E-state index contributed by atoms with van der Waals surface area (Å²) in [5, 5.41) is 9.94. The lowest BCUT2D eigenvalue weighted by Gasteiger charge is -2.14. The molecule has 0 saturated carbocycles. The quantitative estimate of drug-likeness (QED) is 0.396. The topological polar surface area (TPSA) is 91.6 Å². The van der Waals surface area contributed by atoms with Crippen LogP contribution in [-0.2, 0) is 0 Å². The molecular weight excluding hydrogens is 455 g/mol. The number of halogens is 1.